The lowest BCUT2D eigenvalue weighted by Crippen LogP contribution is -3.11. The van der Waals surface area contributed by atoms with Crippen molar-refractivity contribution in [3.8, 4) is 0 Å². The van der Waals surface area contributed by atoms with Crippen molar-refractivity contribution < 1.29 is 33.9 Å². The van der Waals surface area contributed by atoms with E-state index in [0.717, 1.165) is 13.2 Å². The van der Waals surface area contributed by atoms with E-state index in [9.17, 15) is 20.0 Å². The predicted octanol–water partition coefficient (Wildman–Crippen LogP) is 3.59. The summed E-state index contributed by atoms with van der Waals surface area (Å²) in [6.07, 6.45) is 0. The summed E-state index contributed by atoms with van der Waals surface area (Å²) in [4.78, 5) is 26.0. The van der Waals surface area contributed by atoms with E-state index in [0.29, 0.717) is 16.9 Å². The Morgan fingerprint density at radius 3 is 1.78 bits per heavy atom. The van der Waals surface area contributed by atoms with Gasteiger partial charge in [-0.3, -0.25) is 10.1 Å². The van der Waals surface area contributed by atoms with Crippen molar-refractivity contribution in [2.45, 2.75) is 25.6 Å². The van der Waals surface area contributed by atoms with Gasteiger partial charge in [0.15, 0.2) is 5.79 Å². The minimum absolute atomic E-state index is 0.163. The third-order valence-electron chi connectivity index (χ3n) is 7.22. The minimum Gasteiger partial charge on any atom is -0.575 e. The molecule has 1 unspecified atom stereocenters. The van der Waals surface area contributed by atoms with E-state index in [1.54, 1.807) is 29.2 Å². The van der Waals surface area contributed by atoms with E-state index < -0.39 is 34.5 Å². The molecule has 11 nitrogen and oxygen atoms in total. The topological polar surface area (TPSA) is 139 Å². The maximum Gasteiger partial charge on any atom is 0.337 e. The number of thiocarbonyl (C=S) groups is 2. The number of esters is 1. The molecule has 5 rings (SSSR count). The number of cyclic esters (lactones) is 1. The molecule has 0 spiro atoms. The highest BCUT2D eigenvalue weighted by molar-refractivity contribution is 7.82. The minimum atomic E-state index is -1.47. The Balaban J connectivity index is 0.000000606. The van der Waals surface area contributed by atoms with Gasteiger partial charge in [0, 0.05) is 29.4 Å². The Morgan fingerprint density at radius 1 is 0.870 bits per heavy atom. The van der Waals surface area contributed by atoms with Gasteiger partial charge >= 0.3 is 5.97 Å². The lowest BCUT2D eigenvalue weighted by molar-refractivity contribution is -0.888. The van der Waals surface area contributed by atoms with Gasteiger partial charge < -0.3 is 34.9 Å². The summed E-state index contributed by atoms with van der Waals surface area (Å²) in [7, 11) is 2.20. The van der Waals surface area contributed by atoms with Crippen LogP contribution in [-0.4, -0.2) is 60.0 Å². The maximum absolute atomic E-state index is 13.3. The summed E-state index contributed by atoms with van der Waals surface area (Å²) < 4.78 is 15.9. The number of nitrogens with zero attached hydrogens (tertiary/aromatic N) is 1. The van der Waals surface area contributed by atoms with Gasteiger partial charge in [0.05, 0.1) is 52.6 Å². The Kier molecular flexibility index (Phi) is 11.8. The van der Waals surface area contributed by atoms with E-state index in [1.807, 2.05) is 36.4 Å². The number of rotatable bonds is 8. The summed E-state index contributed by atoms with van der Waals surface area (Å²) in [6, 6.07) is 23.7. The summed E-state index contributed by atoms with van der Waals surface area (Å²) >= 11 is 11.6. The van der Waals surface area contributed by atoms with E-state index in [4.69, 9.17) is 38.6 Å². The van der Waals surface area contributed by atoms with Crippen LogP contribution in [0.2, 0.25) is 0 Å². The van der Waals surface area contributed by atoms with Crippen molar-refractivity contribution in [2.75, 3.05) is 44.0 Å². The van der Waals surface area contributed by atoms with Gasteiger partial charge in [0.25, 0.3) is 5.69 Å². The van der Waals surface area contributed by atoms with Crippen LogP contribution in [0.15, 0.2) is 96.4 Å². The van der Waals surface area contributed by atoms with Crippen LogP contribution in [0.4, 0.5) is 17.1 Å². The molecule has 3 aromatic carbocycles. The first-order chi connectivity index (χ1) is 21.9. The van der Waals surface area contributed by atoms with Gasteiger partial charge in [0.2, 0.25) is 0 Å². The average molecular weight is 665 g/mol. The number of nitrogens with one attached hydrogen (secondary N) is 3. The molecule has 0 saturated carbocycles. The fourth-order valence-electron chi connectivity index (χ4n) is 4.87. The van der Waals surface area contributed by atoms with Crippen LogP contribution in [-0.2, 0) is 19.0 Å². The molecule has 0 amide bonds. The number of para-hydroxylation sites is 2. The van der Waals surface area contributed by atoms with E-state index in [2.05, 4.69) is 17.7 Å². The lowest BCUT2D eigenvalue weighted by Gasteiger charge is -2.42. The van der Waals surface area contributed by atoms with Crippen LogP contribution in [0.1, 0.15) is 25.3 Å². The molecule has 0 aliphatic carbocycles. The number of nitro benzene ring substituents is 1. The molecule has 13 heteroatoms. The zero-order chi connectivity index (χ0) is 33.3. The van der Waals surface area contributed by atoms with Crippen LogP contribution in [0, 0.1) is 16.0 Å². The molecule has 2 aliphatic rings. The number of hydrogen-bond acceptors (Lipinski definition) is 9. The molecule has 3 aromatic rings. The molecule has 1 atom stereocenters. The molecule has 2 aliphatic heterocycles. The van der Waals surface area contributed by atoms with Crippen molar-refractivity contribution in [1.29, 1.82) is 0 Å². The third-order valence-corrected chi connectivity index (χ3v) is 7.93. The Labute approximate surface area is 278 Å². The average Bonchev–Trinajstić information content (AvgIpc) is 3.01. The maximum atomic E-state index is 13.3. The van der Waals surface area contributed by atoms with E-state index in [1.165, 1.54) is 51.2 Å². The third kappa shape index (κ3) is 9.30. The molecule has 0 radical (unpaired) electrons. The molecule has 0 aromatic heterocycles. The second kappa shape index (κ2) is 15.7. The number of morpholine rings is 1. The number of hydrogen-bond donors (Lipinski definition) is 3. The highest BCUT2D eigenvalue weighted by atomic mass is 32.1. The molecule has 1 saturated heterocycles. The highest BCUT2D eigenvalue weighted by Gasteiger charge is 2.41. The number of carbonyl (C=O) groups is 1. The van der Waals surface area contributed by atoms with Crippen molar-refractivity contribution in [3.63, 3.8) is 0 Å². The molecule has 1 fully saturated rings. The molecule has 2 heterocycles. The zero-order valence-electron chi connectivity index (χ0n) is 25.7. The van der Waals surface area contributed by atoms with Crippen LogP contribution < -0.4 is 20.6 Å². The summed E-state index contributed by atoms with van der Waals surface area (Å²) in [5.41, 5.74) is 1.21. The Hall–Kier alpha value is -4.43. The molecule has 0 bridgehead atoms. The molecule has 3 N–H and O–H groups in total. The van der Waals surface area contributed by atoms with Gasteiger partial charge in [-0.15, -0.1) is 0 Å². The predicted molar refractivity (Wildman–Crippen MR) is 180 cm³/mol. The summed E-state index contributed by atoms with van der Waals surface area (Å²) in [6.45, 7) is 7.15. The van der Waals surface area contributed by atoms with Crippen molar-refractivity contribution >= 4 is 57.4 Å². The second-order valence-corrected chi connectivity index (χ2v) is 12.1. The first kappa shape index (κ1) is 34.4. The normalized spacial score (nSPS) is 16.7. The number of nitro groups is 1. The van der Waals surface area contributed by atoms with Crippen LogP contribution in [0.5, 0.6) is 0 Å². The zero-order valence-corrected chi connectivity index (χ0v) is 27.3. The van der Waals surface area contributed by atoms with E-state index in [-0.39, 0.29) is 21.2 Å². The number of non-ortho nitro benzene ring substituents is 1. The largest absolute Gasteiger partial charge is 0.575 e. The monoisotopic (exact) mass is 664 g/mol. The molecule has 242 valence electrons. The van der Waals surface area contributed by atoms with Crippen molar-refractivity contribution in [1.82, 2.24) is 0 Å². The smallest absolute Gasteiger partial charge is 0.337 e. The van der Waals surface area contributed by atoms with Crippen LogP contribution >= 0.6 is 24.4 Å². The number of benzene rings is 3. The molecule has 46 heavy (non-hydrogen) atoms. The lowest BCUT2D eigenvalue weighted by atomic mass is 9.79. The highest BCUT2D eigenvalue weighted by Crippen LogP contribution is 2.40. The fraction of sp³-hybridized carbons (Fsp3) is 0.303. The number of quaternary nitrogens is 1. The van der Waals surface area contributed by atoms with Crippen LogP contribution in [0.25, 0.3) is 0 Å². The first-order valence-corrected chi connectivity index (χ1v) is 15.5. The van der Waals surface area contributed by atoms with Gasteiger partial charge in [0.1, 0.15) is 13.1 Å². The van der Waals surface area contributed by atoms with Gasteiger partial charge in [-0.2, -0.15) is 0 Å². The molecular weight excluding hydrogens is 629 g/mol. The number of likely N-dealkylation sites (N-methyl/N-ethyl adjacent to an activating group) is 1. The SMILES string of the molecule is CC1(C)OC(=O)C(C(c2ccc([N+](=O)[O-])cc2)C(C(=S)Nc2ccccc2)C(=S)Nc2ccccc2)=C([O-])O1.C[NH+]1CCOCC1. The number of anilines is 2. The van der Waals surface area contributed by atoms with Gasteiger partial charge in [-0.1, -0.05) is 73.0 Å². The Morgan fingerprint density at radius 2 is 1.37 bits per heavy atom. The van der Waals surface area contributed by atoms with E-state index >= 15 is 0 Å². The second-order valence-electron chi connectivity index (χ2n) is 11.2. The van der Waals surface area contributed by atoms with Crippen LogP contribution in [0.3, 0.4) is 0 Å². The summed E-state index contributed by atoms with van der Waals surface area (Å²) in [5.74, 6) is -5.33. The quantitative estimate of drug-likeness (QED) is 0.141. The molecular formula is C33H36N4O7S2. The van der Waals surface area contributed by atoms with Gasteiger partial charge in [-0.25, -0.2) is 4.79 Å². The first-order valence-electron chi connectivity index (χ1n) is 14.6. The number of carbonyl (C=O) groups excluding carboxylic acids is 1. The van der Waals surface area contributed by atoms with Gasteiger partial charge in [-0.05, 0) is 43.7 Å². The number of ether oxygens (including phenoxy) is 3. The summed E-state index contributed by atoms with van der Waals surface area (Å²) in [5, 5.41) is 30.9. The standard InChI is InChI=1S/C28H25N3O6S2.C5H11NO/c1-28(2)36-26(32)23(27(33)37-28)21(17-13-15-20(16-14-17)31(34)35)22(24(38)29-18-9-5-3-6-10-18)25(39)30-19-11-7-4-8-12-19;1-6-2-4-7-5-3-6/h3-16,21-22,32H,1-2H3,(H,29,38)(H,30,39);2-5H2,1H3. The fourth-order valence-corrected chi connectivity index (χ4v) is 5.69. The van der Waals surface area contributed by atoms with Crippen molar-refractivity contribution in [3.05, 3.63) is 112 Å². The van der Waals surface area contributed by atoms with Crippen molar-refractivity contribution in [2.24, 2.45) is 5.92 Å². The Bertz CT molecular complexity index is 1510.